The Labute approximate surface area is 186 Å². The van der Waals surface area contributed by atoms with Gasteiger partial charge in [-0.25, -0.2) is 4.39 Å². The van der Waals surface area contributed by atoms with Crippen molar-refractivity contribution in [3.8, 4) is 5.75 Å². The smallest absolute Gasteiger partial charge is 0.261 e. The summed E-state index contributed by atoms with van der Waals surface area (Å²) in [5.41, 5.74) is 1.27. The molecule has 3 aromatic carbocycles. The van der Waals surface area contributed by atoms with Gasteiger partial charge in [0.2, 0.25) is 5.91 Å². The van der Waals surface area contributed by atoms with Gasteiger partial charge in [-0.15, -0.1) is 0 Å². The first kappa shape index (κ1) is 23.0. The van der Waals surface area contributed by atoms with Crippen LogP contribution in [0, 0.1) is 5.82 Å². The molecule has 3 aromatic rings. The summed E-state index contributed by atoms with van der Waals surface area (Å²) in [4.78, 5) is 27.7. The molecule has 6 nitrogen and oxygen atoms in total. The third-order valence-corrected chi connectivity index (χ3v) is 4.78. The summed E-state index contributed by atoms with van der Waals surface area (Å²) in [7, 11) is 0. The van der Waals surface area contributed by atoms with E-state index in [9.17, 15) is 14.0 Å². The Kier molecular flexibility index (Phi) is 8.34. The molecular formula is C25H25FN2O4. The summed E-state index contributed by atoms with van der Waals surface area (Å²) in [6.07, 6.45) is 0. The molecule has 0 radical (unpaired) electrons. The zero-order valence-corrected chi connectivity index (χ0v) is 17.5. The molecule has 0 aromatic heterocycles. The molecule has 3 rings (SSSR count). The number of hydrogen-bond acceptors (Lipinski definition) is 4. The summed E-state index contributed by atoms with van der Waals surface area (Å²) < 4.78 is 19.0. The predicted octanol–water partition coefficient (Wildman–Crippen LogP) is 3.08. The summed E-state index contributed by atoms with van der Waals surface area (Å²) in [6, 6.07) is 22.6. The van der Waals surface area contributed by atoms with E-state index in [0.717, 1.165) is 0 Å². The Morgan fingerprint density at radius 3 is 2.19 bits per heavy atom. The first-order valence-electron chi connectivity index (χ1n) is 10.2. The molecule has 0 bridgehead atoms. The minimum absolute atomic E-state index is 0.0568. The van der Waals surface area contributed by atoms with Crippen LogP contribution in [0.4, 0.5) is 4.39 Å². The van der Waals surface area contributed by atoms with Crippen molar-refractivity contribution >= 4 is 11.8 Å². The summed E-state index contributed by atoms with van der Waals surface area (Å²) in [5, 5.41) is 11.8. The van der Waals surface area contributed by atoms with Crippen LogP contribution in [0.3, 0.4) is 0 Å². The van der Waals surface area contributed by atoms with Crippen LogP contribution in [0.15, 0.2) is 84.9 Å². The first-order chi connectivity index (χ1) is 15.6. The van der Waals surface area contributed by atoms with Crippen molar-refractivity contribution in [2.75, 3.05) is 19.8 Å². The van der Waals surface area contributed by atoms with Gasteiger partial charge in [0, 0.05) is 13.1 Å². The Bertz CT molecular complexity index is 997. The van der Waals surface area contributed by atoms with E-state index in [-0.39, 0.29) is 32.1 Å². The molecule has 0 saturated carbocycles. The van der Waals surface area contributed by atoms with Gasteiger partial charge in [-0.2, -0.15) is 0 Å². The maximum absolute atomic E-state index is 13.4. The van der Waals surface area contributed by atoms with Crippen LogP contribution in [0.2, 0.25) is 0 Å². The number of para-hydroxylation sites is 1. The number of amides is 2. The Balaban J connectivity index is 1.91. The second-order valence-electron chi connectivity index (χ2n) is 7.08. The van der Waals surface area contributed by atoms with Crippen molar-refractivity contribution in [2.45, 2.75) is 12.6 Å². The fraction of sp³-hybridized carbons (Fsp3) is 0.200. The lowest BCUT2D eigenvalue weighted by molar-refractivity contribution is -0.143. The number of benzene rings is 3. The van der Waals surface area contributed by atoms with Gasteiger partial charge >= 0.3 is 0 Å². The average Bonchev–Trinajstić information content (AvgIpc) is 2.83. The quantitative estimate of drug-likeness (QED) is 0.512. The highest BCUT2D eigenvalue weighted by Crippen LogP contribution is 2.24. The molecule has 2 amide bonds. The van der Waals surface area contributed by atoms with Gasteiger partial charge in [-0.1, -0.05) is 60.7 Å². The number of ether oxygens (including phenoxy) is 1. The second kappa shape index (κ2) is 11.6. The highest BCUT2D eigenvalue weighted by molar-refractivity contribution is 5.89. The van der Waals surface area contributed by atoms with Gasteiger partial charge < -0.3 is 20.1 Å². The Morgan fingerprint density at radius 2 is 1.56 bits per heavy atom. The number of aliphatic hydroxyl groups is 1. The molecule has 2 N–H and O–H groups in total. The molecule has 0 fully saturated rings. The fourth-order valence-corrected chi connectivity index (χ4v) is 3.24. The van der Waals surface area contributed by atoms with Crippen LogP contribution in [-0.4, -0.2) is 41.6 Å². The number of carbonyl (C=O) groups is 2. The minimum atomic E-state index is -0.959. The molecule has 0 heterocycles. The largest absolute Gasteiger partial charge is 0.484 e. The summed E-state index contributed by atoms with van der Waals surface area (Å²) in [6.45, 7) is -0.372. The van der Waals surface area contributed by atoms with E-state index in [1.165, 1.54) is 17.0 Å². The van der Waals surface area contributed by atoms with Gasteiger partial charge in [0.1, 0.15) is 17.6 Å². The van der Waals surface area contributed by atoms with E-state index in [2.05, 4.69) is 5.32 Å². The zero-order valence-electron chi connectivity index (χ0n) is 17.5. The van der Waals surface area contributed by atoms with Crippen molar-refractivity contribution in [3.63, 3.8) is 0 Å². The SMILES string of the molecule is O=C(NCCO)[C@H](c1ccccc1)N(Cc1ccc(F)cc1)C(=O)COc1ccccc1. The van der Waals surface area contributed by atoms with Crippen molar-refractivity contribution in [1.82, 2.24) is 10.2 Å². The molecular weight excluding hydrogens is 411 g/mol. The predicted molar refractivity (Wildman–Crippen MR) is 118 cm³/mol. The number of rotatable bonds is 10. The lowest BCUT2D eigenvalue weighted by Crippen LogP contribution is -2.45. The van der Waals surface area contributed by atoms with Crippen LogP contribution in [0.25, 0.3) is 0 Å². The van der Waals surface area contributed by atoms with Crippen molar-refractivity contribution < 1.29 is 23.8 Å². The monoisotopic (exact) mass is 436 g/mol. The lowest BCUT2D eigenvalue weighted by Gasteiger charge is -2.31. The molecule has 0 spiro atoms. The van der Waals surface area contributed by atoms with Gasteiger partial charge in [0.15, 0.2) is 6.61 Å². The lowest BCUT2D eigenvalue weighted by atomic mass is 10.0. The van der Waals surface area contributed by atoms with Gasteiger partial charge in [0.25, 0.3) is 5.91 Å². The molecule has 0 aliphatic heterocycles. The summed E-state index contributed by atoms with van der Waals surface area (Å²) in [5.74, 6) is -0.700. The molecule has 166 valence electrons. The van der Waals surface area contributed by atoms with Crippen LogP contribution in [0.5, 0.6) is 5.75 Å². The van der Waals surface area contributed by atoms with Crippen molar-refractivity contribution in [2.24, 2.45) is 0 Å². The van der Waals surface area contributed by atoms with Crippen LogP contribution < -0.4 is 10.1 Å². The fourth-order valence-electron chi connectivity index (χ4n) is 3.24. The van der Waals surface area contributed by atoms with E-state index < -0.39 is 17.9 Å². The molecule has 0 unspecified atom stereocenters. The molecule has 32 heavy (non-hydrogen) atoms. The Hall–Kier alpha value is -3.71. The highest BCUT2D eigenvalue weighted by atomic mass is 19.1. The normalized spacial score (nSPS) is 11.4. The number of aliphatic hydroxyl groups excluding tert-OH is 1. The van der Waals surface area contributed by atoms with Crippen molar-refractivity contribution in [1.29, 1.82) is 0 Å². The minimum Gasteiger partial charge on any atom is -0.484 e. The Morgan fingerprint density at radius 1 is 0.938 bits per heavy atom. The first-order valence-corrected chi connectivity index (χ1v) is 10.2. The van der Waals surface area contributed by atoms with Gasteiger partial charge in [0.05, 0.1) is 6.61 Å². The van der Waals surface area contributed by atoms with E-state index in [4.69, 9.17) is 9.84 Å². The maximum atomic E-state index is 13.4. The van der Waals surface area contributed by atoms with E-state index >= 15 is 0 Å². The van der Waals surface area contributed by atoms with Crippen LogP contribution in [0.1, 0.15) is 17.2 Å². The third-order valence-electron chi connectivity index (χ3n) is 4.78. The van der Waals surface area contributed by atoms with E-state index in [1.807, 2.05) is 12.1 Å². The molecule has 0 saturated heterocycles. The zero-order chi connectivity index (χ0) is 22.8. The topological polar surface area (TPSA) is 78.9 Å². The number of halogens is 1. The van der Waals surface area contributed by atoms with Gasteiger partial charge in [-0.3, -0.25) is 9.59 Å². The van der Waals surface area contributed by atoms with E-state index in [1.54, 1.807) is 60.7 Å². The molecule has 0 aliphatic carbocycles. The standard InChI is InChI=1S/C25H25FN2O4/c26-21-13-11-19(12-14-21)17-28(23(30)18-32-22-9-5-2-6-10-22)24(25(31)27-15-16-29)20-7-3-1-4-8-20/h1-14,24,29H,15-18H2,(H,27,31)/t24-/m0/s1. The molecule has 0 aliphatic rings. The number of nitrogens with one attached hydrogen (secondary N) is 1. The van der Waals surface area contributed by atoms with E-state index in [0.29, 0.717) is 16.9 Å². The molecule has 7 heteroatoms. The van der Waals surface area contributed by atoms with Crippen LogP contribution >= 0.6 is 0 Å². The number of nitrogens with zero attached hydrogens (tertiary/aromatic N) is 1. The number of hydrogen-bond donors (Lipinski definition) is 2. The van der Waals surface area contributed by atoms with Gasteiger partial charge in [-0.05, 0) is 35.4 Å². The van der Waals surface area contributed by atoms with Crippen LogP contribution in [-0.2, 0) is 16.1 Å². The number of carbonyl (C=O) groups excluding carboxylic acids is 2. The molecule has 1 atom stereocenters. The summed E-state index contributed by atoms with van der Waals surface area (Å²) >= 11 is 0. The second-order valence-corrected chi connectivity index (χ2v) is 7.08. The van der Waals surface area contributed by atoms with Crippen molar-refractivity contribution in [3.05, 3.63) is 102 Å². The maximum Gasteiger partial charge on any atom is 0.261 e. The third kappa shape index (κ3) is 6.39. The average molecular weight is 436 g/mol. The highest BCUT2D eigenvalue weighted by Gasteiger charge is 2.31.